The maximum Gasteiger partial charge on any atom is 0.312 e. The summed E-state index contributed by atoms with van der Waals surface area (Å²) in [5.74, 6) is -0.888. The molecule has 0 aliphatic heterocycles. The molecule has 1 amide bonds. The van der Waals surface area contributed by atoms with Gasteiger partial charge in [-0.15, -0.1) is 0 Å². The van der Waals surface area contributed by atoms with E-state index in [0.717, 1.165) is 44.9 Å². The number of hydrogen-bond acceptors (Lipinski definition) is 5. The number of carbonyl (C=O) groups excluding carboxylic acids is 3. The number of nitrogens with one attached hydrogen (secondary N) is 1. The highest BCUT2D eigenvalue weighted by Gasteiger charge is 2.34. The highest BCUT2D eigenvalue weighted by molar-refractivity contribution is 5.74. The van der Waals surface area contributed by atoms with Crippen LogP contribution in [0.15, 0.2) is 0 Å². The van der Waals surface area contributed by atoms with Gasteiger partial charge in [0.1, 0.15) is 6.10 Å². The lowest BCUT2D eigenvalue weighted by Gasteiger charge is -2.29. The highest BCUT2D eigenvalue weighted by atomic mass is 16.6. The monoisotopic (exact) mass is 313 g/mol. The van der Waals surface area contributed by atoms with E-state index in [1.807, 2.05) is 0 Å². The topological polar surface area (TPSA) is 81.7 Å². The van der Waals surface area contributed by atoms with E-state index in [0.29, 0.717) is 13.0 Å². The van der Waals surface area contributed by atoms with E-state index in [2.05, 4.69) is 5.32 Å². The maximum atomic E-state index is 11.9. The van der Waals surface area contributed by atoms with E-state index >= 15 is 0 Å². The predicted molar refractivity (Wildman–Crippen MR) is 81.0 cm³/mol. The standard InChI is InChI=1S/C16H27NO5/c1-12(18)17-11-7-3-4-10-15(19)22-14-9-6-5-8-13(14)16(20)21-2/h13-14H,3-11H2,1-2H3,(H,17,18)/t13-,14-/m1/s1. The molecule has 0 aromatic rings. The van der Waals surface area contributed by atoms with E-state index < -0.39 is 0 Å². The van der Waals surface area contributed by atoms with Crippen molar-refractivity contribution in [3.05, 3.63) is 0 Å². The van der Waals surface area contributed by atoms with Gasteiger partial charge in [0.25, 0.3) is 0 Å². The van der Waals surface area contributed by atoms with Crippen LogP contribution in [0.5, 0.6) is 0 Å². The molecule has 1 fully saturated rings. The van der Waals surface area contributed by atoms with Crippen LogP contribution in [-0.2, 0) is 23.9 Å². The molecule has 0 aromatic carbocycles. The normalized spacial score (nSPS) is 21.0. The van der Waals surface area contributed by atoms with Gasteiger partial charge in [0.2, 0.25) is 5.91 Å². The third-order valence-electron chi connectivity index (χ3n) is 3.92. The molecule has 0 aromatic heterocycles. The summed E-state index contributed by atoms with van der Waals surface area (Å²) in [5.41, 5.74) is 0. The summed E-state index contributed by atoms with van der Waals surface area (Å²) in [5, 5.41) is 2.72. The molecular formula is C16H27NO5. The molecule has 22 heavy (non-hydrogen) atoms. The Hall–Kier alpha value is -1.59. The molecule has 1 aliphatic carbocycles. The zero-order chi connectivity index (χ0) is 16.4. The number of methoxy groups -OCH3 is 1. The Morgan fingerprint density at radius 3 is 2.50 bits per heavy atom. The summed E-state index contributed by atoms with van der Waals surface area (Å²) in [6, 6.07) is 0. The van der Waals surface area contributed by atoms with E-state index in [9.17, 15) is 14.4 Å². The zero-order valence-electron chi connectivity index (χ0n) is 13.6. The lowest BCUT2D eigenvalue weighted by atomic mass is 9.86. The molecule has 0 radical (unpaired) electrons. The van der Waals surface area contributed by atoms with Crippen molar-refractivity contribution >= 4 is 17.8 Å². The van der Waals surface area contributed by atoms with E-state index in [-0.39, 0.29) is 29.9 Å². The van der Waals surface area contributed by atoms with E-state index in [1.165, 1.54) is 14.0 Å². The first kappa shape index (κ1) is 18.5. The van der Waals surface area contributed by atoms with Crippen LogP contribution in [-0.4, -0.2) is 37.6 Å². The van der Waals surface area contributed by atoms with Gasteiger partial charge in [0.15, 0.2) is 0 Å². The van der Waals surface area contributed by atoms with Crippen LogP contribution in [0.4, 0.5) is 0 Å². The predicted octanol–water partition coefficient (Wildman–Crippen LogP) is 1.96. The molecule has 0 heterocycles. The quantitative estimate of drug-likeness (QED) is 0.547. The number of hydrogen-bond donors (Lipinski definition) is 1. The van der Waals surface area contributed by atoms with Crippen LogP contribution >= 0.6 is 0 Å². The van der Waals surface area contributed by atoms with Crippen LogP contribution < -0.4 is 5.32 Å². The van der Waals surface area contributed by atoms with E-state index in [4.69, 9.17) is 9.47 Å². The molecule has 0 saturated heterocycles. The van der Waals surface area contributed by atoms with Gasteiger partial charge in [-0.05, 0) is 32.1 Å². The Labute approximate surface area is 131 Å². The van der Waals surface area contributed by atoms with Crippen molar-refractivity contribution in [3.63, 3.8) is 0 Å². The minimum Gasteiger partial charge on any atom is -0.469 e. The second kappa shape index (κ2) is 10.2. The average molecular weight is 313 g/mol. The maximum absolute atomic E-state index is 11.9. The fourth-order valence-corrected chi connectivity index (χ4v) is 2.72. The summed E-state index contributed by atoms with van der Waals surface area (Å²) in [7, 11) is 1.37. The van der Waals surface area contributed by atoms with Crippen molar-refractivity contribution in [2.75, 3.05) is 13.7 Å². The second-order valence-corrected chi connectivity index (χ2v) is 5.74. The molecule has 0 spiro atoms. The minimum atomic E-state index is -0.340. The van der Waals surface area contributed by atoms with E-state index in [1.54, 1.807) is 0 Å². The van der Waals surface area contributed by atoms with Gasteiger partial charge in [-0.2, -0.15) is 0 Å². The largest absolute Gasteiger partial charge is 0.469 e. The SMILES string of the molecule is COC(=O)[C@@H]1CCCC[C@H]1OC(=O)CCCCCNC(C)=O. The Morgan fingerprint density at radius 1 is 1.09 bits per heavy atom. The van der Waals surface area contributed by atoms with Gasteiger partial charge in [-0.25, -0.2) is 0 Å². The Morgan fingerprint density at radius 2 is 1.82 bits per heavy atom. The summed E-state index contributed by atoms with van der Waals surface area (Å²) in [6.45, 7) is 2.12. The number of ether oxygens (including phenoxy) is 2. The van der Waals surface area contributed by atoms with Crippen LogP contribution in [0.3, 0.4) is 0 Å². The molecule has 0 bridgehead atoms. The third-order valence-corrected chi connectivity index (χ3v) is 3.92. The van der Waals surface area contributed by atoms with Crippen molar-refractivity contribution in [1.82, 2.24) is 5.32 Å². The molecule has 126 valence electrons. The fraction of sp³-hybridized carbons (Fsp3) is 0.812. The van der Waals surface area contributed by atoms with Crippen molar-refractivity contribution in [2.24, 2.45) is 5.92 Å². The van der Waals surface area contributed by atoms with Gasteiger partial charge < -0.3 is 14.8 Å². The Bertz CT molecular complexity index is 383. The van der Waals surface area contributed by atoms with Gasteiger partial charge in [0, 0.05) is 19.9 Å². The molecule has 6 nitrogen and oxygen atoms in total. The lowest BCUT2D eigenvalue weighted by Crippen LogP contribution is -2.35. The van der Waals surface area contributed by atoms with Crippen LogP contribution in [0.2, 0.25) is 0 Å². The van der Waals surface area contributed by atoms with Crippen molar-refractivity contribution in [3.8, 4) is 0 Å². The molecule has 1 saturated carbocycles. The smallest absolute Gasteiger partial charge is 0.312 e. The summed E-state index contributed by atoms with van der Waals surface area (Å²) in [6.07, 6.45) is 5.85. The van der Waals surface area contributed by atoms with Crippen LogP contribution in [0, 0.1) is 5.92 Å². The molecule has 1 rings (SSSR count). The van der Waals surface area contributed by atoms with Crippen molar-refractivity contribution in [1.29, 1.82) is 0 Å². The number of esters is 2. The minimum absolute atomic E-state index is 0.0365. The van der Waals surface area contributed by atoms with Gasteiger partial charge in [0.05, 0.1) is 13.0 Å². The first-order valence-corrected chi connectivity index (χ1v) is 8.06. The molecule has 2 atom stereocenters. The van der Waals surface area contributed by atoms with Gasteiger partial charge >= 0.3 is 11.9 Å². The molecule has 0 unspecified atom stereocenters. The highest BCUT2D eigenvalue weighted by Crippen LogP contribution is 2.28. The summed E-state index contributed by atoms with van der Waals surface area (Å²) < 4.78 is 10.2. The van der Waals surface area contributed by atoms with Crippen LogP contribution in [0.1, 0.15) is 58.3 Å². The molecule has 1 N–H and O–H groups in total. The molecule has 1 aliphatic rings. The number of carbonyl (C=O) groups is 3. The fourth-order valence-electron chi connectivity index (χ4n) is 2.72. The zero-order valence-corrected chi connectivity index (χ0v) is 13.6. The Balaban J connectivity index is 2.22. The molecule has 6 heteroatoms. The summed E-state index contributed by atoms with van der Waals surface area (Å²) >= 11 is 0. The average Bonchev–Trinajstić information content (AvgIpc) is 2.50. The first-order valence-electron chi connectivity index (χ1n) is 8.06. The number of amides is 1. The Kier molecular flexibility index (Phi) is 8.55. The van der Waals surface area contributed by atoms with Crippen molar-refractivity contribution < 1.29 is 23.9 Å². The number of unbranched alkanes of at least 4 members (excludes halogenated alkanes) is 2. The third kappa shape index (κ3) is 6.91. The summed E-state index contributed by atoms with van der Waals surface area (Å²) in [4.78, 5) is 34.3. The van der Waals surface area contributed by atoms with Crippen molar-refractivity contribution in [2.45, 2.75) is 64.4 Å². The van der Waals surface area contributed by atoms with Gasteiger partial charge in [-0.1, -0.05) is 12.8 Å². The van der Waals surface area contributed by atoms with Crippen LogP contribution in [0.25, 0.3) is 0 Å². The van der Waals surface area contributed by atoms with Gasteiger partial charge in [-0.3, -0.25) is 14.4 Å². The molecular weight excluding hydrogens is 286 g/mol. The second-order valence-electron chi connectivity index (χ2n) is 5.74. The first-order chi connectivity index (χ1) is 10.5. The lowest BCUT2D eigenvalue weighted by molar-refractivity contribution is -0.163. The number of rotatable bonds is 8.